The van der Waals surface area contributed by atoms with Gasteiger partial charge in [0.05, 0.1) is 51.4 Å². The third-order valence-corrected chi connectivity index (χ3v) is 11.8. The van der Waals surface area contributed by atoms with Crippen LogP contribution in [-0.4, -0.2) is 70.9 Å². The van der Waals surface area contributed by atoms with Crippen molar-refractivity contribution in [3.63, 3.8) is 0 Å². The molecular weight excluding hydrogens is 721 g/mol. The maximum absolute atomic E-state index is 12.7. The van der Waals surface area contributed by atoms with Crippen LogP contribution in [0.15, 0.2) is 101 Å². The van der Waals surface area contributed by atoms with Gasteiger partial charge in [-0.3, -0.25) is 14.8 Å². The fraction of sp³-hybridized carbons (Fsp3) is 0.390. The SMILES string of the molecule is COc1ccc(C(OC[C@H]2O[C@@H](n3ccc4c(=O)[nH]c(=O)[nH]c43)C[C@@H]2OP(OCCC#N)N(C(C)C)C(C)C)(c2ccccc2)c2ccc(OC)cc2)cc1. The number of nitriles is 1. The minimum Gasteiger partial charge on any atom is -0.497 e. The largest absolute Gasteiger partial charge is 0.497 e. The smallest absolute Gasteiger partial charge is 0.327 e. The Kier molecular flexibility index (Phi) is 12.9. The molecule has 1 unspecified atom stereocenters. The molecule has 1 saturated heterocycles. The van der Waals surface area contributed by atoms with Crippen LogP contribution in [0.2, 0.25) is 0 Å². The molecule has 55 heavy (non-hydrogen) atoms. The van der Waals surface area contributed by atoms with Gasteiger partial charge in [0.1, 0.15) is 35.1 Å². The number of nitrogens with one attached hydrogen (secondary N) is 2. The first-order valence-corrected chi connectivity index (χ1v) is 19.4. The highest BCUT2D eigenvalue weighted by Crippen LogP contribution is 2.51. The number of hydrogen-bond acceptors (Lipinski definition) is 10. The van der Waals surface area contributed by atoms with Gasteiger partial charge in [0.15, 0.2) is 0 Å². The zero-order chi connectivity index (χ0) is 39.1. The highest BCUT2D eigenvalue weighted by atomic mass is 31.2. The number of rotatable bonds is 17. The van der Waals surface area contributed by atoms with Crippen LogP contribution in [0.1, 0.15) is 63.5 Å². The minimum atomic E-state index is -1.66. The van der Waals surface area contributed by atoms with Crippen molar-refractivity contribution in [2.75, 3.05) is 27.4 Å². The number of benzene rings is 3. The van der Waals surface area contributed by atoms with Crippen LogP contribution in [0.3, 0.4) is 0 Å². The molecule has 290 valence electrons. The molecule has 1 aliphatic heterocycles. The minimum absolute atomic E-state index is 0.0646. The second kappa shape index (κ2) is 17.8. The van der Waals surface area contributed by atoms with E-state index in [0.29, 0.717) is 29.0 Å². The van der Waals surface area contributed by atoms with Crippen molar-refractivity contribution in [2.45, 2.75) is 76.7 Å². The van der Waals surface area contributed by atoms with Gasteiger partial charge in [-0.25, -0.2) is 9.46 Å². The van der Waals surface area contributed by atoms with Gasteiger partial charge >= 0.3 is 5.69 Å². The first kappa shape index (κ1) is 39.9. The Labute approximate surface area is 321 Å². The Hall–Kier alpha value is -4.80. The summed E-state index contributed by atoms with van der Waals surface area (Å²) in [6.07, 6.45) is 0.434. The molecule has 2 N–H and O–H groups in total. The van der Waals surface area contributed by atoms with Gasteiger partial charge in [-0.2, -0.15) is 5.26 Å². The van der Waals surface area contributed by atoms with Crippen LogP contribution in [0.5, 0.6) is 11.5 Å². The van der Waals surface area contributed by atoms with E-state index in [2.05, 4.69) is 48.4 Å². The Bertz CT molecular complexity index is 2110. The van der Waals surface area contributed by atoms with Crippen molar-refractivity contribution in [1.29, 1.82) is 5.26 Å². The highest BCUT2D eigenvalue weighted by Gasteiger charge is 2.45. The van der Waals surface area contributed by atoms with Gasteiger partial charge in [0, 0.05) is 24.7 Å². The van der Waals surface area contributed by atoms with Gasteiger partial charge in [-0.15, -0.1) is 0 Å². The molecule has 0 spiro atoms. The lowest BCUT2D eigenvalue weighted by Crippen LogP contribution is -2.39. The van der Waals surface area contributed by atoms with Crippen LogP contribution < -0.4 is 20.7 Å². The number of nitrogens with zero attached hydrogens (tertiary/aromatic N) is 3. The molecule has 2 aromatic heterocycles. The normalized spacial score (nSPS) is 17.9. The second-order valence-corrected chi connectivity index (χ2v) is 15.2. The van der Waals surface area contributed by atoms with E-state index >= 15 is 0 Å². The van der Waals surface area contributed by atoms with E-state index in [1.165, 1.54) is 0 Å². The van der Waals surface area contributed by atoms with Crippen molar-refractivity contribution in [1.82, 2.24) is 19.2 Å². The number of H-pyrrole nitrogens is 2. The third kappa shape index (κ3) is 8.55. The molecule has 1 aliphatic rings. The topological polar surface area (TPSA) is 153 Å². The summed E-state index contributed by atoms with van der Waals surface area (Å²) in [6, 6.07) is 29.6. The summed E-state index contributed by atoms with van der Waals surface area (Å²) in [5, 5.41) is 9.66. The predicted molar refractivity (Wildman–Crippen MR) is 210 cm³/mol. The highest BCUT2D eigenvalue weighted by molar-refractivity contribution is 7.44. The molecule has 1 fully saturated rings. The summed E-state index contributed by atoms with van der Waals surface area (Å²) in [5.74, 6) is 1.41. The number of hydrogen-bond donors (Lipinski definition) is 2. The lowest BCUT2D eigenvalue weighted by atomic mass is 9.80. The van der Waals surface area contributed by atoms with E-state index in [-0.39, 0.29) is 31.7 Å². The van der Waals surface area contributed by atoms with Crippen LogP contribution in [0.4, 0.5) is 0 Å². The number of ether oxygens (including phenoxy) is 4. The van der Waals surface area contributed by atoms with E-state index in [1.54, 1.807) is 31.0 Å². The molecule has 3 aromatic carbocycles. The molecule has 0 bridgehead atoms. The Morgan fingerprint density at radius 3 is 2.05 bits per heavy atom. The van der Waals surface area contributed by atoms with E-state index in [1.807, 2.05) is 78.9 Å². The zero-order valence-electron chi connectivity index (χ0n) is 31.9. The molecule has 3 heterocycles. The molecular formula is C41H48N5O8P. The number of aromatic nitrogens is 3. The molecule has 0 amide bonds. The number of fused-ring (bicyclic) bond motifs is 1. The van der Waals surface area contributed by atoms with Crippen molar-refractivity contribution in [3.05, 3.63) is 129 Å². The first-order valence-electron chi connectivity index (χ1n) is 18.3. The van der Waals surface area contributed by atoms with E-state index < -0.39 is 43.8 Å². The average Bonchev–Trinajstić information content (AvgIpc) is 3.79. The fourth-order valence-corrected chi connectivity index (χ4v) is 8.89. The van der Waals surface area contributed by atoms with Crippen molar-refractivity contribution < 1.29 is 28.0 Å². The van der Waals surface area contributed by atoms with Gasteiger partial charge in [0.2, 0.25) is 0 Å². The Morgan fingerprint density at radius 1 is 0.891 bits per heavy atom. The second-order valence-electron chi connectivity index (χ2n) is 13.8. The van der Waals surface area contributed by atoms with Gasteiger partial charge in [-0.1, -0.05) is 54.6 Å². The number of aromatic amines is 2. The summed E-state index contributed by atoms with van der Waals surface area (Å²) >= 11 is 0. The molecule has 5 aromatic rings. The molecule has 4 atom stereocenters. The van der Waals surface area contributed by atoms with Crippen molar-refractivity contribution >= 4 is 19.6 Å². The van der Waals surface area contributed by atoms with Crippen molar-refractivity contribution in [2.24, 2.45) is 0 Å². The van der Waals surface area contributed by atoms with Gasteiger partial charge < -0.3 is 32.6 Å². The summed E-state index contributed by atoms with van der Waals surface area (Å²) in [6.45, 7) is 8.60. The lowest BCUT2D eigenvalue weighted by Gasteiger charge is -2.39. The summed E-state index contributed by atoms with van der Waals surface area (Å²) < 4.78 is 42.4. The predicted octanol–water partition coefficient (Wildman–Crippen LogP) is 6.99. The van der Waals surface area contributed by atoms with Crippen LogP contribution in [0, 0.1) is 11.3 Å². The third-order valence-electron chi connectivity index (χ3n) is 9.63. The Balaban J connectivity index is 1.44. The molecule has 13 nitrogen and oxygen atoms in total. The molecule has 0 radical (unpaired) electrons. The van der Waals surface area contributed by atoms with Crippen LogP contribution in [-0.2, 0) is 24.1 Å². The molecule has 0 saturated carbocycles. The number of methoxy groups -OCH3 is 2. The summed E-state index contributed by atoms with van der Waals surface area (Å²) in [7, 11) is 1.60. The van der Waals surface area contributed by atoms with Gasteiger partial charge in [-0.05, 0) is 74.7 Å². The van der Waals surface area contributed by atoms with E-state index in [9.17, 15) is 14.9 Å². The standard InChI is InChI=1S/C41H48N5O8P/c1-27(2)46(28(3)4)55(52-24-10-22-42)54-35-25-37(45-23-21-34-38(45)43-40(48)44-39(34)47)53-36(35)26-51-41(29-11-8-7-9-12-29,30-13-17-32(49-5)18-14-30)31-15-19-33(50-6)20-16-31/h7-9,11-21,23,27-28,35-37H,10,24-26H2,1-6H3,(H2,43,44,47,48)/t35-,36+,37+,55?/m0/s1. The zero-order valence-corrected chi connectivity index (χ0v) is 32.8. The molecule has 0 aliphatic carbocycles. The monoisotopic (exact) mass is 769 g/mol. The van der Waals surface area contributed by atoms with Gasteiger partial charge in [0.25, 0.3) is 14.1 Å². The maximum Gasteiger partial charge on any atom is 0.327 e. The van der Waals surface area contributed by atoms with E-state index in [4.69, 9.17) is 28.0 Å². The lowest BCUT2D eigenvalue weighted by molar-refractivity contribution is -0.0911. The first-order chi connectivity index (χ1) is 26.6. The van der Waals surface area contributed by atoms with Crippen molar-refractivity contribution in [3.8, 4) is 17.6 Å². The maximum atomic E-state index is 12.7. The molecule has 6 rings (SSSR count). The summed E-state index contributed by atoms with van der Waals surface area (Å²) in [4.78, 5) is 30.2. The Morgan fingerprint density at radius 2 is 1.49 bits per heavy atom. The average molecular weight is 770 g/mol. The van der Waals surface area contributed by atoms with Crippen LogP contribution in [0.25, 0.3) is 11.0 Å². The molecule has 14 heteroatoms. The summed E-state index contributed by atoms with van der Waals surface area (Å²) in [5.41, 5.74) is 0.712. The van der Waals surface area contributed by atoms with Crippen LogP contribution >= 0.6 is 8.53 Å². The fourth-order valence-electron chi connectivity index (χ4n) is 7.14. The van der Waals surface area contributed by atoms with E-state index in [0.717, 1.165) is 16.7 Å². The quantitative estimate of drug-likeness (QED) is 0.0575.